The molecule has 5 heteroatoms. The summed E-state index contributed by atoms with van der Waals surface area (Å²) >= 11 is 5.40. The van der Waals surface area contributed by atoms with Gasteiger partial charge in [-0.1, -0.05) is 6.07 Å². The van der Waals surface area contributed by atoms with Crippen molar-refractivity contribution in [3.63, 3.8) is 0 Å². The summed E-state index contributed by atoms with van der Waals surface area (Å²) < 4.78 is 5.20. The zero-order valence-corrected chi connectivity index (χ0v) is 8.75. The fourth-order valence-electron chi connectivity index (χ4n) is 1.46. The molecule has 0 fully saturated rings. The van der Waals surface area contributed by atoms with Crippen LogP contribution in [0.15, 0.2) is 18.2 Å². The first-order valence-electron chi connectivity index (χ1n) is 4.33. The number of hydrogen-bond donors (Lipinski definition) is 0. The number of hydrogen-bond acceptors (Lipinski definition) is 3. The Labute approximate surface area is 91.4 Å². The highest BCUT2D eigenvalue weighted by atomic mass is 35.5. The molecule has 0 spiro atoms. The summed E-state index contributed by atoms with van der Waals surface area (Å²) in [5, 5.41) is -0.588. The third-order valence-corrected chi connectivity index (χ3v) is 2.49. The van der Waals surface area contributed by atoms with Gasteiger partial charge in [0.2, 0.25) is 0 Å². The minimum atomic E-state index is -0.588. The van der Waals surface area contributed by atoms with Crippen LogP contribution in [0.1, 0.15) is 10.4 Å². The highest BCUT2D eigenvalue weighted by Crippen LogP contribution is 2.35. The van der Waals surface area contributed by atoms with E-state index in [0.717, 1.165) is 0 Å². The van der Waals surface area contributed by atoms with Crippen molar-refractivity contribution in [1.82, 2.24) is 0 Å². The molecule has 0 aliphatic carbocycles. The number of halogens is 1. The molecule has 1 amide bonds. The Morgan fingerprint density at radius 1 is 1.53 bits per heavy atom. The molecule has 2 rings (SSSR count). The van der Waals surface area contributed by atoms with Crippen molar-refractivity contribution in [2.24, 2.45) is 0 Å². The van der Waals surface area contributed by atoms with Crippen molar-refractivity contribution in [2.75, 3.05) is 18.6 Å². The van der Waals surface area contributed by atoms with Crippen molar-refractivity contribution >= 4 is 28.4 Å². The molecule has 1 aliphatic heterocycles. The molecule has 0 saturated heterocycles. The number of likely N-dealkylation sites (N-methyl/N-ethyl adjacent to an activating group) is 1. The van der Waals surface area contributed by atoms with E-state index in [1.54, 1.807) is 25.2 Å². The van der Waals surface area contributed by atoms with Crippen LogP contribution in [-0.4, -0.2) is 24.8 Å². The maximum atomic E-state index is 11.3. The topological polar surface area (TPSA) is 46.6 Å². The lowest BCUT2D eigenvalue weighted by Gasteiger charge is -2.26. The fraction of sp³-hybridized carbons (Fsp3) is 0.200. The van der Waals surface area contributed by atoms with E-state index in [4.69, 9.17) is 16.3 Å². The number of anilines is 1. The summed E-state index contributed by atoms with van der Waals surface area (Å²) in [6, 6.07) is 4.93. The number of carbonyl (C=O) groups is 2. The predicted octanol–water partition coefficient (Wildman–Crippen LogP) is 1.42. The normalized spacial score (nSPS) is 14.5. The summed E-state index contributed by atoms with van der Waals surface area (Å²) in [4.78, 5) is 23.9. The monoisotopic (exact) mass is 225 g/mol. The molecule has 4 nitrogen and oxygen atoms in total. The first-order valence-corrected chi connectivity index (χ1v) is 4.71. The number of para-hydroxylation sites is 1. The summed E-state index contributed by atoms with van der Waals surface area (Å²) in [5.74, 6) is 0.223. The van der Waals surface area contributed by atoms with Crippen LogP contribution >= 0.6 is 11.6 Å². The lowest BCUT2D eigenvalue weighted by Crippen LogP contribution is -2.35. The SMILES string of the molecule is CN1C(=O)COc2c(C(=O)Cl)cccc21. The van der Waals surface area contributed by atoms with E-state index >= 15 is 0 Å². The number of amides is 1. The molecule has 0 unspecified atom stereocenters. The molecule has 0 radical (unpaired) electrons. The molecule has 1 aliphatic rings. The standard InChI is InChI=1S/C10H8ClNO3/c1-12-7-4-2-3-6(10(11)14)9(7)15-5-8(12)13/h2-4H,5H2,1H3. The predicted molar refractivity (Wildman–Crippen MR) is 55.5 cm³/mol. The molecular weight excluding hydrogens is 218 g/mol. The van der Waals surface area contributed by atoms with Crippen LogP contribution < -0.4 is 9.64 Å². The van der Waals surface area contributed by atoms with Crippen molar-refractivity contribution in [3.8, 4) is 5.75 Å². The van der Waals surface area contributed by atoms with Crippen LogP contribution in [0.2, 0.25) is 0 Å². The minimum Gasteiger partial charge on any atom is -0.481 e. The van der Waals surface area contributed by atoms with Gasteiger partial charge in [0.1, 0.15) is 0 Å². The highest BCUT2D eigenvalue weighted by molar-refractivity contribution is 6.68. The Kier molecular flexibility index (Phi) is 2.36. The van der Waals surface area contributed by atoms with Gasteiger partial charge in [-0.05, 0) is 23.7 Å². The first kappa shape index (κ1) is 9.98. The lowest BCUT2D eigenvalue weighted by molar-refractivity contribution is -0.121. The van der Waals surface area contributed by atoms with Crippen LogP contribution in [0.3, 0.4) is 0 Å². The van der Waals surface area contributed by atoms with E-state index in [-0.39, 0.29) is 18.1 Å². The molecule has 1 heterocycles. The second-order valence-electron chi connectivity index (χ2n) is 3.17. The van der Waals surface area contributed by atoms with Gasteiger partial charge in [0.05, 0.1) is 11.3 Å². The van der Waals surface area contributed by atoms with Gasteiger partial charge in [-0.25, -0.2) is 0 Å². The molecular formula is C10H8ClNO3. The van der Waals surface area contributed by atoms with Crippen LogP contribution in [0, 0.1) is 0 Å². The maximum absolute atomic E-state index is 11.3. The number of benzene rings is 1. The molecule has 0 bridgehead atoms. The van der Waals surface area contributed by atoms with Crippen LogP contribution in [0.4, 0.5) is 5.69 Å². The molecule has 15 heavy (non-hydrogen) atoms. The van der Waals surface area contributed by atoms with Gasteiger partial charge in [0, 0.05) is 7.05 Å². The number of ether oxygens (including phenoxy) is 1. The van der Waals surface area contributed by atoms with E-state index in [1.165, 1.54) is 4.90 Å². The van der Waals surface area contributed by atoms with Gasteiger partial charge in [-0.15, -0.1) is 0 Å². The first-order chi connectivity index (χ1) is 7.11. The van der Waals surface area contributed by atoms with Crippen LogP contribution in [0.25, 0.3) is 0 Å². The third-order valence-electron chi connectivity index (χ3n) is 2.28. The summed E-state index contributed by atoms with van der Waals surface area (Å²) in [6.07, 6.45) is 0. The largest absolute Gasteiger partial charge is 0.481 e. The highest BCUT2D eigenvalue weighted by Gasteiger charge is 2.25. The maximum Gasteiger partial charge on any atom is 0.264 e. The third kappa shape index (κ3) is 1.57. The fourth-order valence-corrected chi connectivity index (χ4v) is 1.61. The second-order valence-corrected chi connectivity index (χ2v) is 3.51. The van der Waals surface area contributed by atoms with E-state index in [0.29, 0.717) is 11.4 Å². The van der Waals surface area contributed by atoms with Gasteiger partial charge in [-0.3, -0.25) is 9.59 Å². The van der Waals surface area contributed by atoms with Crippen LogP contribution in [-0.2, 0) is 4.79 Å². The minimum absolute atomic E-state index is 0.0648. The number of carbonyl (C=O) groups excluding carboxylic acids is 2. The lowest BCUT2D eigenvalue weighted by atomic mass is 10.1. The summed E-state index contributed by atoms with van der Waals surface area (Å²) in [7, 11) is 1.63. The molecule has 0 saturated carbocycles. The van der Waals surface area contributed by atoms with E-state index < -0.39 is 5.24 Å². The summed E-state index contributed by atoms with van der Waals surface area (Å²) in [6.45, 7) is -0.0648. The Morgan fingerprint density at radius 3 is 2.93 bits per heavy atom. The molecule has 0 atom stereocenters. The Hall–Kier alpha value is -1.55. The van der Waals surface area contributed by atoms with E-state index in [9.17, 15) is 9.59 Å². The molecule has 1 aromatic rings. The Bertz CT molecular complexity index is 444. The molecule has 0 N–H and O–H groups in total. The molecule has 78 valence electrons. The van der Waals surface area contributed by atoms with Gasteiger partial charge >= 0.3 is 0 Å². The van der Waals surface area contributed by atoms with Gasteiger partial charge in [0.15, 0.2) is 12.4 Å². The van der Waals surface area contributed by atoms with Gasteiger partial charge < -0.3 is 9.64 Å². The summed E-state index contributed by atoms with van der Waals surface area (Å²) in [5.41, 5.74) is 0.853. The second kappa shape index (κ2) is 3.55. The molecule has 0 aromatic heterocycles. The van der Waals surface area contributed by atoms with Crippen LogP contribution in [0.5, 0.6) is 5.75 Å². The number of fused-ring (bicyclic) bond motifs is 1. The van der Waals surface area contributed by atoms with Crippen molar-refractivity contribution in [1.29, 1.82) is 0 Å². The zero-order valence-electron chi connectivity index (χ0n) is 7.99. The van der Waals surface area contributed by atoms with E-state index in [1.807, 2.05) is 0 Å². The average Bonchev–Trinajstić information content (AvgIpc) is 2.23. The van der Waals surface area contributed by atoms with Gasteiger partial charge in [0.25, 0.3) is 11.1 Å². The molecule has 1 aromatic carbocycles. The number of rotatable bonds is 1. The Balaban J connectivity index is 2.58. The zero-order chi connectivity index (χ0) is 11.0. The van der Waals surface area contributed by atoms with E-state index in [2.05, 4.69) is 0 Å². The Morgan fingerprint density at radius 2 is 2.27 bits per heavy atom. The number of nitrogens with zero attached hydrogens (tertiary/aromatic N) is 1. The van der Waals surface area contributed by atoms with Crippen molar-refractivity contribution in [2.45, 2.75) is 0 Å². The van der Waals surface area contributed by atoms with Crippen molar-refractivity contribution < 1.29 is 14.3 Å². The smallest absolute Gasteiger partial charge is 0.264 e. The average molecular weight is 226 g/mol. The van der Waals surface area contributed by atoms with Gasteiger partial charge in [-0.2, -0.15) is 0 Å². The quantitative estimate of drug-likeness (QED) is 0.679. The van der Waals surface area contributed by atoms with Crippen molar-refractivity contribution in [3.05, 3.63) is 23.8 Å².